The highest BCUT2D eigenvalue weighted by Crippen LogP contribution is 2.46. The van der Waals surface area contributed by atoms with Crippen molar-refractivity contribution in [1.82, 2.24) is 18.9 Å². The minimum atomic E-state index is -4.93. The number of fused-ring (bicyclic) bond motifs is 2. The van der Waals surface area contributed by atoms with Crippen LogP contribution >= 0.6 is 0 Å². The number of non-ortho nitro benzene ring substituents is 2. The number of nitro benzene ring substituents is 2. The molecule has 2 aliphatic heterocycles. The van der Waals surface area contributed by atoms with E-state index in [0.717, 1.165) is 36.8 Å². The van der Waals surface area contributed by atoms with Gasteiger partial charge in [0.15, 0.2) is 0 Å². The number of nitrogens with zero attached hydrogens (tertiary/aromatic N) is 6. The number of hydrogen-bond acceptors (Lipinski definition) is 8. The molecule has 2 fully saturated rings. The van der Waals surface area contributed by atoms with Crippen LogP contribution < -0.4 is 0 Å². The molecule has 352 valence electrons. The standard InChI is InChI=1S/2C24H26F3N3O3/c2*1-17-9-11-28(12-10-17)16-23(31,24(25,26)27)21-15-29(14-18-5-3-2-4-6-18)22-13-19(30(32)33)7-8-20(21)22/h2*2-8,13,15,17,31H,9-12,14,16H2,1H3. The Morgan fingerprint density at radius 3 is 1.20 bits per heavy atom. The Morgan fingerprint density at radius 2 is 0.894 bits per heavy atom. The SMILES string of the molecule is CC1CCN(CC(O)(c2cn(Cc3ccccc3)c3cc([N+](=O)[O-])ccc23)C(F)(F)F)CC1.CC1CCN(CC(O)(c2cn(Cc3ccccc3)c3cc([N+](=O)[O-])ccc23)C(F)(F)F)CC1. The van der Waals surface area contributed by atoms with Gasteiger partial charge in [-0.3, -0.25) is 30.0 Å². The first kappa shape index (κ1) is 48.1. The number of aromatic nitrogens is 2. The van der Waals surface area contributed by atoms with Gasteiger partial charge in [-0.05, 0) is 87.0 Å². The maximum Gasteiger partial charge on any atom is 0.422 e. The third-order valence-corrected chi connectivity index (χ3v) is 13.0. The van der Waals surface area contributed by atoms with Gasteiger partial charge in [0, 0.05) is 84.7 Å². The molecule has 12 nitrogen and oxygen atoms in total. The number of alkyl halides is 6. The maximum atomic E-state index is 14.4. The van der Waals surface area contributed by atoms with E-state index >= 15 is 0 Å². The Balaban J connectivity index is 0.000000196. The van der Waals surface area contributed by atoms with Gasteiger partial charge in [0.25, 0.3) is 11.4 Å². The van der Waals surface area contributed by atoms with Crippen molar-refractivity contribution in [1.29, 1.82) is 0 Å². The summed E-state index contributed by atoms with van der Waals surface area (Å²) in [5, 5.41) is 45.3. The van der Waals surface area contributed by atoms with Crippen LogP contribution in [0.15, 0.2) is 109 Å². The molecule has 2 N–H and O–H groups in total. The first-order valence-electron chi connectivity index (χ1n) is 21.8. The van der Waals surface area contributed by atoms with E-state index in [2.05, 4.69) is 13.8 Å². The molecule has 18 heteroatoms. The Morgan fingerprint density at radius 1 is 0.561 bits per heavy atom. The fraction of sp³-hybridized carbons (Fsp3) is 0.417. The smallest absolute Gasteiger partial charge is 0.375 e. The van der Waals surface area contributed by atoms with Gasteiger partial charge in [0.1, 0.15) is 0 Å². The summed E-state index contributed by atoms with van der Waals surface area (Å²) >= 11 is 0. The van der Waals surface area contributed by atoms with Gasteiger partial charge in [0.2, 0.25) is 11.2 Å². The van der Waals surface area contributed by atoms with E-state index < -0.39 is 46.5 Å². The van der Waals surface area contributed by atoms with Crippen LogP contribution in [0.2, 0.25) is 0 Å². The molecule has 6 aromatic rings. The zero-order valence-electron chi connectivity index (χ0n) is 36.5. The Labute approximate surface area is 377 Å². The summed E-state index contributed by atoms with van der Waals surface area (Å²) in [5.41, 5.74) is -5.02. The second-order valence-electron chi connectivity index (χ2n) is 17.9. The van der Waals surface area contributed by atoms with Gasteiger partial charge in [-0.25, -0.2) is 0 Å². The summed E-state index contributed by atoms with van der Waals surface area (Å²) in [4.78, 5) is 24.8. The molecule has 0 amide bonds. The van der Waals surface area contributed by atoms with E-state index in [1.807, 2.05) is 60.7 Å². The normalized spacial score (nSPS) is 17.8. The van der Waals surface area contributed by atoms with E-state index in [1.54, 1.807) is 18.9 Å². The van der Waals surface area contributed by atoms with E-state index in [0.29, 0.717) is 38.0 Å². The quantitative estimate of drug-likeness (QED) is 0.0702. The van der Waals surface area contributed by atoms with Gasteiger partial charge < -0.3 is 19.3 Å². The molecule has 2 atom stereocenters. The summed E-state index contributed by atoms with van der Waals surface area (Å²) in [5.74, 6) is 0.877. The Hall–Kier alpha value is -5.82. The number of rotatable bonds is 12. The second-order valence-corrected chi connectivity index (χ2v) is 17.9. The lowest BCUT2D eigenvalue weighted by molar-refractivity contribution is -0.384. The summed E-state index contributed by atoms with van der Waals surface area (Å²) in [7, 11) is 0. The second kappa shape index (κ2) is 19.2. The van der Waals surface area contributed by atoms with Gasteiger partial charge in [-0.2, -0.15) is 26.3 Å². The molecule has 0 radical (unpaired) electrons. The van der Waals surface area contributed by atoms with Crippen molar-refractivity contribution in [2.75, 3.05) is 39.3 Å². The van der Waals surface area contributed by atoms with E-state index in [9.17, 15) is 56.8 Å². The first-order valence-corrected chi connectivity index (χ1v) is 21.8. The van der Waals surface area contributed by atoms with Crippen molar-refractivity contribution in [3.05, 3.63) is 152 Å². The molecule has 0 aliphatic carbocycles. The van der Waals surface area contributed by atoms with Gasteiger partial charge >= 0.3 is 12.4 Å². The molecular weight excluding hydrogens is 871 g/mol. The third-order valence-electron chi connectivity index (χ3n) is 13.0. The molecule has 2 aliphatic rings. The summed E-state index contributed by atoms with van der Waals surface area (Å²) in [6, 6.07) is 25.7. The zero-order chi connectivity index (χ0) is 47.6. The zero-order valence-corrected chi connectivity index (χ0v) is 36.5. The summed E-state index contributed by atoms with van der Waals surface area (Å²) < 4.78 is 89.5. The average Bonchev–Trinajstić information content (AvgIpc) is 3.83. The molecule has 66 heavy (non-hydrogen) atoms. The fourth-order valence-electron chi connectivity index (χ4n) is 9.01. The highest BCUT2D eigenvalue weighted by atomic mass is 19.4. The lowest BCUT2D eigenvalue weighted by Crippen LogP contribution is -2.52. The number of benzene rings is 4. The van der Waals surface area contributed by atoms with Crippen LogP contribution in [0.3, 0.4) is 0 Å². The number of piperidine rings is 2. The Kier molecular flexibility index (Phi) is 14.0. The van der Waals surface area contributed by atoms with Crippen LogP contribution in [0.4, 0.5) is 37.7 Å². The van der Waals surface area contributed by atoms with Crippen molar-refractivity contribution in [2.45, 2.75) is 76.2 Å². The third kappa shape index (κ3) is 10.3. The highest BCUT2D eigenvalue weighted by Gasteiger charge is 2.58. The van der Waals surface area contributed by atoms with Crippen LogP contribution in [0.5, 0.6) is 0 Å². The number of nitro groups is 2. The van der Waals surface area contributed by atoms with Crippen LogP contribution in [0.1, 0.15) is 61.8 Å². The maximum absolute atomic E-state index is 14.4. The topological polar surface area (TPSA) is 143 Å². The lowest BCUT2D eigenvalue weighted by Gasteiger charge is -2.38. The minimum absolute atomic E-state index is 0.154. The molecule has 0 bridgehead atoms. The Bertz CT molecular complexity index is 2460. The van der Waals surface area contributed by atoms with E-state index in [-0.39, 0.29) is 57.4 Å². The number of halogens is 6. The van der Waals surface area contributed by atoms with Crippen LogP contribution in [-0.4, -0.2) is 90.6 Å². The molecule has 4 aromatic carbocycles. The number of β-amino-alcohol motifs (C(OH)–C–C–N with tert-alkyl or cyclic N) is 2. The summed E-state index contributed by atoms with van der Waals surface area (Å²) in [6.45, 7) is 5.33. The largest absolute Gasteiger partial charge is 0.422 e. The van der Waals surface area contributed by atoms with Crippen molar-refractivity contribution in [3.8, 4) is 0 Å². The molecule has 2 unspecified atom stereocenters. The fourth-order valence-corrected chi connectivity index (χ4v) is 9.01. The lowest BCUT2D eigenvalue weighted by atomic mass is 9.90. The van der Waals surface area contributed by atoms with Crippen molar-refractivity contribution in [3.63, 3.8) is 0 Å². The molecule has 8 rings (SSSR count). The van der Waals surface area contributed by atoms with Crippen molar-refractivity contribution >= 4 is 33.2 Å². The first-order chi connectivity index (χ1) is 31.2. The van der Waals surface area contributed by atoms with Crippen LogP contribution in [-0.2, 0) is 24.3 Å². The average molecular weight is 923 g/mol. The molecule has 0 saturated carbocycles. The van der Waals surface area contributed by atoms with Crippen molar-refractivity contribution in [2.24, 2.45) is 11.8 Å². The molecular formula is C48H52F6N6O6. The molecule has 4 heterocycles. The predicted octanol–water partition coefficient (Wildman–Crippen LogP) is 10.2. The van der Waals surface area contributed by atoms with E-state index in [1.165, 1.54) is 48.8 Å². The van der Waals surface area contributed by atoms with Crippen LogP contribution in [0, 0.1) is 32.1 Å². The molecule has 0 spiro atoms. The van der Waals surface area contributed by atoms with Gasteiger partial charge in [-0.1, -0.05) is 74.5 Å². The van der Waals surface area contributed by atoms with Crippen molar-refractivity contribution < 1.29 is 46.4 Å². The molecule has 2 aromatic heterocycles. The minimum Gasteiger partial charge on any atom is -0.375 e. The number of hydrogen-bond donors (Lipinski definition) is 2. The van der Waals surface area contributed by atoms with Gasteiger partial charge in [-0.15, -0.1) is 0 Å². The van der Waals surface area contributed by atoms with E-state index in [4.69, 9.17) is 0 Å². The highest BCUT2D eigenvalue weighted by molar-refractivity contribution is 5.88. The van der Waals surface area contributed by atoms with Gasteiger partial charge in [0.05, 0.1) is 20.9 Å². The van der Waals surface area contributed by atoms with Crippen LogP contribution in [0.25, 0.3) is 21.8 Å². The number of likely N-dealkylation sites (tertiary alicyclic amines) is 2. The summed E-state index contributed by atoms with van der Waals surface area (Å²) in [6.07, 6.45) is -4.17. The predicted molar refractivity (Wildman–Crippen MR) is 238 cm³/mol. The molecule has 2 saturated heterocycles. The monoisotopic (exact) mass is 922 g/mol. The number of aliphatic hydroxyl groups is 2.